The highest BCUT2D eigenvalue weighted by Gasteiger charge is 2.39. The Morgan fingerprint density at radius 1 is 0.875 bits per heavy atom. The molecule has 4 atom stereocenters. The fourth-order valence-corrected chi connectivity index (χ4v) is 9.33. The van der Waals surface area contributed by atoms with Crippen LogP contribution in [0.15, 0.2) is 103 Å². The van der Waals surface area contributed by atoms with Crippen LogP contribution in [0.3, 0.4) is 0 Å². The molecule has 1 aromatic heterocycles. The van der Waals surface area contributed by atoms with Gasteiger partial charge in [-0.1, -0.05) is 87.5 Å². The summed E-state index contributed by atoms with van der Waals surface area (Å²) in [5.41, 5.74) is 8.64. The number of carbonyl (C=O) groups excluding carboxylic acids is 2. The number of benzene rings is 4. The van der Waals surface area contributed by atoms with Gasteiger partial charge in [0, 0.05) is 31.3 Å². The Morgan fingerprint density at radius 3 is 2.27 bits per heavy atom. The van der Waals surface area contributed by atoms with Crippen molar-refractivity contribution in [3.8, 4) is 28.4 Å². The van der Waals surface area contributed by atoms with E-state index in [1.807, 2.05) is 118 Å². The zero-order valence-electron chi connectivity index (χ0n) is 37.7. The lowest BCUT2D eigenvalue weighted by Crippen LogP contribution is -2.57. The number of rotatable bonds is 11. The molecule has 0 spiro atoms. The van der Waals surface area contributed by atoms with Crippen molar-refractivity contribution in [2.45, 2.75) is 117 Å². The van der Waals surface area contributed by atoms with Crippen LogP contribution in [0.2, 0.25) is 0 Å². The molecule has 3 heterocycles. The smallest absolute Gasteiger partial charge is 0.326 e. The highest BCUT2D eigenvalue weighted by Crippen LogP contribution is 2.42. The van der Waals surface area contributed by atoms with Gasteiger partial charge in [-0.05, 0) is 133 Å². The minimum Gasteiger partial charge on any atom is -0.490 e. The molecule has 1 aliphatic carbocycles. The Labute approximate surface area is 376 Å². The van der Waals surface area contributed by atoms with Crippen molar-refractivity contribution in [3.63, 3.8) is 0 Å². The summed E-state index contributed by atoms with van der Waals surface area (Å²) in [6, 6.07) is 28.1. The normalized spacial score (nSPS) is 20.3. The molecular formula is C53H60N4O7. The molecule has 3 N–H and O–H groups in total. The van der Waals surface area contributed by atoms with Crippen LogP contribution < -0.4 is 24.8 Å². The van der Waals surface area contributed by atoms with Gasteiger partial charge < -0.3 is 34.9 Å². The van der Waals surface area contributed by atoms with Crippen LogP contribution >= 0.6 is 0 Å². The summed E-state index contributed by atoms with van der Waals surface area (Å²) in [6.07, 6.45) is 6.34. The van der Waals surface area contributed by atoms with Gasteiger partial charge in [0.1, 0.15) is 24.4 Å². The van der Waals surface area contributed by atoms with E-state index >= 15 is 0 Å². The number of aliphatic carboxylic acids is 1. The quantitative estimate of drug-likeness (QED) is 0.119. The third kappa shape index (κ3) is 10.0. The van der Waals surface area contributed by atoms with E-state index in [0.717, 1.165) is 74.7 Å². The number of pyridine rings is 1. The number of ether oxygens (including phenoxy) is 3. The molecule has 4 aromatic carbocycles. The van der Waals surface area contributed by atoms with Gasteiger partial charge >= 0.3 is 12.0 Å². The van der Waals surface area contributed by atoms with Crippen LogP contribution in [0, 0.1) is 25.2 Å². The first-order valence-electron chi connectivity index (χ1n) is 22.6. The number of hydrogen-bond acceptors (Lipinski definition) is 7. The predicted molar refractivity (Wildman–Crippen MR) is 246 cm³/mol. The van der Waals surface area contributed by atoms with E-state index in [2.05, 4.69) is 36.4 Å². The molecule has 11 heteroatoms. The van der Waals surface area contributed by atoms with E-state index in [1.165, 1.54) is 17.7 Å². The summed E-state index contributed by atoms with van der Waals surface area (Å²) < 4.78 is 19.3. The minimum atomic E-state index is -1.23. The largest absolute Gasteiger partial charge is 0.490 e. The van der Waals surface area contributed by atoms with Gasteiger partial charge in [-0.2, -0.15) is 0 Å². The Kier molecular flexibility index (Phi) is 13.0. The molecule has 2 aliphatic heterocycles. The average Bonchev–Trinajstić information content (AvgIpc) is 3.29. The predicted octanol–water partition coefficient (Wildman–Crippen LogP) is 9.87. The monoisotopic (exact) mass is 864 g/mol. The molecular weight excluding hydrogens is 805 g/mol. The molecule has 0 unspecified atom stereocenters. The Hall–Kier alpha value is -6.36. The van der Waals surface area contributed by atoms with Gasteiger partial charge in [0.2, 0.25) is 5.91 Å². The zero-order valence-corrected chi connectivity index (χ0v) is 37.7. The number of aryl methyl sites for hydroxylation is 1. The summed E-state index contributed by atoms with van der Waals surface area (Å²) in [6.45, 7) is 13.3. The highest BCUT2D eigenvalue weighted by molar-refractivity contribution is 5.91. The zero-order chi connectivity index (χ0) is 45.1. The molecule has 5 aromatic rings. The van der Waals surface area contributed by atoms with Gasteiger partial charge in [0.25, 0.3) is 0 Å². The molecule has 64 heavy (non-hydrogen) atoms. The summed E-state index contributed by atoms with van der Waals surface area (Å²) in [5.74, 6) is 0.958. The first-order valence-corrected chi connectivity index (χ1v) is 22.6. The van der Waals surface area contributed by atoms with Gasteiger partial charge in [0.15, 0.2) is 17.6 Å². The van der Waals surface area contributed by atoms with Crippen LogP contribution in [0.5, 0.6) is 17.2 Å². The lowest BCUT2D eigenvalue weighted by molar-refractivity contribution is -0.142. The molecule has 3 amide bonds. The van der Waals surface area contributed by atoms with E-state index in [0.29, 0.717) is 23.5 Å². The van der Waals surface area contributed by atoms with Crippen molar-refractivity contribution in [3.05, 3.63) is 142 Å². The third-order valence-corrected chi connectivity index (χ3v) is 13.5. The summed E-state index contributed by atoms with van der Waals surface area (Å²) in [4.78, 5) is 47.0. The van der Waals surface area contributed by atoms with Crippen molar-refractivity contribution in [1.82, 2.24) is 20.5 Å². The Balaban J connectivity index is 0.973. The first kappa shape index (κ1) is 44.3. The van der Waals surface area contributed by atoms with Gasteiger partial charge in [-0.3, -0.25) is 9.78 Å². The second-order valence-electron chi connectivity index (χ2n) is 18.8. The van der Waals surface area contributed by atoms with Crippen molar-refractivity contribution in [2.24, 2.45) is 11.3 Å². The lowest BCUT2D eigenvalue weighted by atomic mass is 9.72. The average molecular weight is 865 g/mol. The molecule has 3 aliphatic rings. The maximum atomic E-state index is 14.3. The van der Waals surface area contributed by atoms with Gasteiger partial charge in [0.05, 0.1) is 12.1 Å². The number of urea groups is 1. The van der Waals surface area contributed by atoms with E-state index < -0.39 is 30.0 Å². The van der Waals surface area contributed by atoms with E-state index in [1.54, 1.807) is 6.20 Å². The molecule has 0 saturated heterocycles. The fraction of sp³-hybridized carbons (Fsp3) is 0.396. The molecule has 0 bridgehead atoms. The van der Waals surface area contributed by atoms with Crippen molar-refractivity contribution in [1.29, 1.82) is 0 Å². The number of carbonyl (C=O) groups is 3. The first-order chi connectivity index (χ1) is 30.7. The maximum absolute atomic E-state index is 14.3. The summed E-state index contributed by atoms with van der Waals surface area (Å²) in [7, 11) is 0. The van der Waals surface area contributed by atoms with E-state index in [4.69, 9.17) is 14.2 Å². The molecule has 334 valence electrons. The molecule has 8 rings (SSSR count). The standard InChI is InChI=1S/C53H60N4O7/c1-32-33(2)54-25-24-44(32)37-14-12-35(13-15-37)26-45(51(59)60)56-50(58)46-27-39-28-47-48(29-40(39)30-57(46)52(61)55-34(3)36-10-8-7-9-11-36)64-49(31-62-47)38-16-20-42(21-17-38)63-43-22-18-41(19-23-43)53(4,5)6/h7-17,20-21,24-25,28-29,34,41,43,45-46,49H,18-19,22-23,26-27,30-31H2,1-6H3,(H,55,61)(H,56,58)(H,59,60)/t34-,41-,43+,45+,46+,49-/m1/s1. The lowest BCUT2D eigenvalue weighted by Gasteiger charge is -2.38. The second-order valence-corrected chi connectivity index (χ2v) is 18.8. The second kappa shape index (κ2) is 18.8. The topological polar surface area (TPSA) is 139 Å². The number of nitrogens with zero attached hydrogens (tertiary/aromatic N) is 2. The maximum Gasteiger partial charge on any atom is 0.326 e. The summed E-state index contributed by atoms with van der Waals surface area (Å²) >= 11 is 0. The van der Waals surface area contributed by atoms with Crippen LogP contribution in [0.4, 0.5) is 4.79 Å². The van der Waals surface area contributed by atoms with E-state index in [9.17, 15) is 19.5 Å². The number of hydrogen-bond donors (Lipinski definition) is 3. The van der Waals surface area contributed by atoms with E-state index in [-0.39, 0.29) is 37.6 Å². The van der Waals surface area contributed by atoms with Crippen LogP contribution in [-0.4, -0.2) is 57.7 Å². The number of aromatic nitrogens is 1. The number of carboxylic acid groups (broad SMARTS) is 1. The molecule has 11 nitrogen and oxygen atoms in total. The summed E-state index contributed by atoms with van der Waals surface area (Å²) in [5, 5.41) is 16.2. The Bertz CT molecular complexity index is 2460. The van der Waals surface area contributed by atoms with Crippen LogP contribution in [-0.2, 0) is 29.0 Å². The SMILES string of the molecule is Cc1nccc(-c2ccc(C[C@H](NC(=O)[C@@H]3Cc4cc5c(cc4CN3C(=O)N[C@H](C)c3ccccc3)O[C@@H](c3ccc(O[C@H]4CC[C@@H](C(C)(C)C)CC4)cc3)CO5)C(=O)O)cc2)c1C. The van der Waals surface area contributed by atoms with Crippen LogP contribution in [0.1, 0.15) is 105 Å². The fourth-order valence-electron chi connectivity index (χ4n) is 9.33. The highest BCUT2D eigenvalue weighted by atomic mass is 16.6. The van der Waals surface area contributed by atoms with Gasteiger partial charge in [-0.15, -0.1) is 0 Å². The number of carboxylic acids is 1. The van der Waals surface area contributed by atoms with Crippen molar-refractivity contribution < 1.29 is 33.7 Å². The number of nitrogens with one attached hydrogen (secondary N) is 2. The molecule has 1 fully saturated rings. The van der Waals surface area contributed by atoms with Gasteiger partial charge in [-0.25, -0.2) is 9.59 Å². The van der Waals surface area contributed by atoms with Crippen molar-refractivity contribution in [2.75, 3.05) is 6.61 Å². The third-order valence-electron chi connectivity index (χ3n) is 13.5. The number of amides is 3. The number of fused-ring (bicyclic) bond motifs is 2. The van der Waals surface area contributed by atoms with Crippen LogP contribution in [0.25, 0.3) is 11.1 Å². The minimum absolute atomic E-state index is 0.0599. The Morgan fingerprint density at radius 2 is 1.58 bits per heavy atom. The van der Waals surface area contributed by atoms with Crippen molar-refractivity contribution >= 4 is 17.9 Å². The molecule has 1 saturated carbocycles. The molecule has 0 radical (unpaired) electrons.